The second-order valence-corrected chi connectivity index (χ2v) is 3.87. The molecule has 4 heteroatoms. The molecule has 0 amide bonds. The van der Waals surface area contributed by atoms with Crippen LogP contribution in [0.15, 0.2) is 12.3 Å². The zero-order chi connectivity index (χ0) is 7.56. The summed E-state index contributed by atoms with van der Waals surface area (Å²) < 4.78 is 1.76. The lowest BCUT2D eigenvalue weighted by Gasteiger charge is -1.92. The quantitative estimate of drug-likeness (QED) is 0.528. The average Bonchev–Trinajstić information content (AvgIpc) is 1.94. The van der Waals surface area contributed by atoms with Crippen LogP contribution in [-0.2, 0) is 0 Å². The Kier molecular flexibility index (Phi) is 2.85. The van der Waals surface area contributed by atoms with Gasteiger partial charge in [0.2, 0.25) is 0 Å². The van der Waals surface area contributed by atoms with Gasteiger partial charge in [-0.1, -0.05) is 0 Å². The molecule has 0 N–H and O–H groups in total. The Labute approximate surface area is 85.9 Å². The van der Waals surface area contributed by atoms with Crippen molar-refractivity contribution in [2.45, 2.75) is 0 Å². The number of hydrogen-bond acceptors (Lipinski definition) is 2. The summed E-state index contributed by atoms with van der Waals surface area (Å²) in [5.74, 6) is 0. The third-order valence-electron chi connectivity index (χ3n) is 0.942. The minimum absolute atomic E-state index is 0.694. The molecule has 0 radical (unpaired) electrons. The fourth-order valence-electron chi connectivity index (χ4n) is 0.499. The maximum Gasteiger partial charge on any atom is 0.102 e. The SMILES string of the molecule is N#Cc1cc(I)ncc1I. The van der Waals surface area contributed by atoms with Crippen molar-refractivity contribution in [3.8, 4) is 6.07 Å². The van der Waals surface area contributed by atoms with Crippen molar-refractivity contribution in [1.29, 1.82) is 5.26 Å². The molecular weight excluding hydrogens is 354 g/mol. The van der Waals surface area contributed by atoms with E-state index >= 15 is 0 Å². The van der Waals surface area contributed by atoms with Gasteiger partial charge in [-0.15, -0.1) is 0 Å². The average molecular weight is 356 g/mol. The zero-order valence-corrected chi connectivity index (χ0v) is 9.12. The molecule has 0 atom stereocenters. The molecule has 1 aromatic rings. The van der Waals surface area contributed by atoms with Gasteiger partial charge < -0.3 is 0 Å². The van der Waals surface area contributed by atoms with Gasteiger partial charge in [-0.05, 0) is 51.2 Å². The molecule has 2 nitrogen and oxygen atoms in total. The van der Waals surface area contributed by atoms with Gasteiger partial charge in [0.15, 0.2) is 0 Å². The summed E-state index contributed by atoms with van der Waals surface area (Å²) in [7, 11) is 0. The Hall–Kier alpha value is 0.100. The van der Waals surface area contributed by atoms with Crippen molar-refractivity contribution in [3.05, 3.63) is 25.1 Å². The van der Waals surface area contributed by atoms with Gasteiger partial charge in [-0.25, -0.2) is 4.98 Å². The Bertz CT molecular complexity index is 290. The fourth-order valence-corrected chi connectivity index (χ4v) is 1.37. The molecule has 0 saturated heterocycles. The van der Waals surface area contributed by atoms with Gasteiger partial charge in [0.1, 0.15) is 9.77 Å². The van der Waals surface area contributed by atoms with E-state index in [1.165, 1.54) is 0 Å². The number of rotatable bonds is 0. The number of pyridine rings is 1. The van der Waals surface area contributed by atoms with E-state index < -0.39 is 0 Å². The van der Waals surface area contributed by atoms with Crippen molar-refractivity contribution in [3.63, 3.8) is 0 Å². The van der Waals surface area contributed by atoms with Gasteiger partial charge in [0.05, 0.1) is 5.56 Å². The van der Waals surface area contributed by atoms with Crippen LogP contribution in [0.25, 0.3) is 0 Å². The van der Waals surface area contributed by atoms with E-state index in [2.05, 4.69) is 56.2 Å². The van der Waals surface area contributed by atoms with Crippen molar-refractivity contribution in [1.82, 2.24) is 4.98 Å². The maximum absolute atomic E-state index is 8.56. The highest BCUT2D eigenvalue weighted by atomic mass is 127. The van der Waals surface area contributed by atoms with Crippen molar-refractivity contribution >= 4 is 45.2 Å². The van der Waals surface area contributed by atoms with E-state index in [1.54, 1.807) is 12.3 Å². The lowest BCUT2D eigenvalue weighted by atomic mass is 10.3. The van der Waals surface area contributed by atoms with Crippen molar-refractivity contribution < 1.29 is 0 Å². The molecule has 0 unspecified atom stereocenters. The highest BCUT2D eigenvalue weighted by Crippen LogP contribution is 2.11. The summed E-state index contributed by atoms with van der Waals surface area (Å²) in [6.45, 7) is 0. The van der Waals surface area contributed by atoms with Crippen LogP contribution >= 0.6 is 45.2 Å². The zero-order valence-electron chi connectivity index (χ0n) is 4.81. The molecular formula is C6H2I2N2. The van der Waals surface area contributed by atoms with Crippen LogP contribution < -0.4 is 0 Å². The molecule has 0 bridgehead atoms. The number of nitriles is 1. The number of halogens is 2. The Morgan fingerprint density at radius 2 is 2.20 bits per heavy atom. The largest absolute Gasteiger partial charge is 0.249 e. The monoisotopic (exact) mass is 356 g/mol. The third kappa shape index (κ3) is 1.79. The first-order chi connectivity index (χ1) is 4.74. The molecule has 0 aliphatic heterocycles. The first-order valence-electron chi connectivity index (χ1n) is 2.45. The van der Waals surface area contributed by atoms with Gasteiger partial charge in [-0.2, -0.15) is 5.26 Å². The highest BCUT2D eigenvalue weighted by molar-refractivity contribution is 14.1. The van der Waals surface area contributed by atoms with E-state index in [4.69, 9.17) is 5.26 Å². The van der Waals surface area contributed by atoms with Crippen LogP contribution in [0, 0.1) is 18.6 Å². The lowest BCUT2D eigenvalue weighted by molar-refractivity contribution is 1.24. The number of hydrogen-bond donors (Lipinski definition) is 0. The topological polar surface area (TPSA) is 36.7 Å². The van der Waals surface area contributed by atoms with Crippen LogP contribution in [0.2, 0.25) is 0 Å². The highest BCUT2D eigenvalue weighted by Gasteiger charge is 1.98. The van der Waals surface area contributed by atoms with Crippen LogP contribution in [0.1, 0.15) is 5.56 Å². The fraction of sp³-hybridized carbons (Fsp3) is 0. The van der Waals surface area contributed by atoms with Gasteiger partial charge in [-0.3, -0.25) is 0 Å². The van der Waals surface area contributed by atoms with Gasteiger partial charge in [0.25, 0.3) is 0 Å². The van der Waals surface area contributed by atoms with E-state index in [1.807, 2.05) is 0 Å². The second-order valence-electron chi connectivity index (χ2n) is 1.60. The van der Waals surface area contributed by atoms with Crippen molar-refractivity contribution in [2.24, 2.45) is 0 Å². The predicted molar refractivity (Wildman–Crippen MR) is 54.4 cm³/mol. The van der Waals surface area contributed by atoms with Crippen LogP contribution in [0.4, 0.5) is 0 Å². The summed E-state index contributed by atoms with van der Waals surface area (Å²) in [5, 5.41) is 8.56. The number of nitrogens with zero attached hydrogens (tertiary/aromatic N) is 2. The normalized spacial score (nSPS) is 8.90. The second kappa shape index (κ2) is 3.48. The van der Waals surface area contributed by atoms with E-state index in [-0.39, 0.29) is 0 Å². The predicted octanol–water partition coefficient (Wildman–Crippen LogP) is 2.16. The summed E-state index contributed by atoms with van der Waals surface area (Å²) in [6, 6.07) is 3.85. The summed E-state index contributed by atoms with van der Waals surface area (Å²) in [5.41, 5.74) is 0.694. The Morgan fingerprint density at radius 3 is 2.70 bits per heavy atom. The van der Waals surface area contributed by atoms with Crippen LogP contribution in [-0.4, -0.2) is 4.98 Å². The standard InChI is InChI=1S/C6H2I2N2/c7-5-3-10-6(8)1-4(5)2-9/h1,3H. The summed E-state index contributed by atoms with van der Waals surface area (Å²) in [4.78, 5) is 4.02. The third-order valence-corrected chi connectivity index (χ3v) is 2.39. The van der Waals surface area contributed by atoms with Gasteiger partial charge >= 0.3 is 0 Å². The number of aromatic nitrogens is 1. The molecule has 0 saturated carbocycles. The molecule has 0 spiro atoms. The summed E-state index contributed by atoms with van der Waals surface area (Å²) in [6.07, 6.45) is 1.70. The maximum atomic E-state index is 8.56. The van der Waals surface area contributed by atoms with E-state index in [0.29, 0.717) is 5.56 Å². The smallest absolute Gasteiger partial charge is 0.102 e. The molecule has 0 aliphatic rings. The minimum Gasteiger partial charge on any atom is -0.249 e. The minimum atomic E-state index is 0.694. The molecule has 10 heavy (non-hydrogen) atoms. The summed E-state index contributed by atoms with van der Waals surface area (Å²) >= 11 is 4.17. The molecule has 50 valence electrons. The molecule has 0 aromatic carbocycles. The van der Waals surface area contributed by atoms with E-state index in [9.17, 15) is 0 Å². The first-order valence-corrected chi connectivity index (χ1v) is 4.61. The molecule has 1 rings (SSSR count). The molecule has 1 heterocycles. The van der Waals surface area contributed by atoms with Crippen LogP contribution in [0.3, 0.4) is 0 Å². The lowest BCUT2D eigenvalue weighted by Crippen LogP contribution is -1.86. The van der Waals surface area contributed by atoms with Gasteiger partial charge in [0, 0.05) is 9.77 Å². The van der Waals surface area contributed by atoms with Crippen molar-refractivity contribution in [2.75, 3.05) is 0 Å². The molecule has 0 aliphatic carbocycles. The van der Waals surface area contributed by atoms with Crippen LogP contribution in [0.5, 0.6) is 0 Å². The Balaban J connectivity index is 3.25. The Morgan fingerprint density at radius 1 is 1.50 bits per heavy atom. The first kappa shape index (κ1) is 8.20. The van der Waals surface area contributed by atoms with E-state index in [0.717, 1.165) is 7.27 Å². The molecule has 1 aromatic heterocycles. The molecule has 0 fully saturated rings.